The zero-order valence-corrected chi connectivity index (χ0v) is 10.2. The molecule has 0 fully saturated rings. The average Bonchev–Trinajstić information content (AvgIpc) is 2.27. The Kier molecular flexibility index (Phi) is 4.86. The van der Waals surface area contributed by atoms with E-state index in [9.17, 15) is 4.79 Å². The number of amides is 1. The Morgan fingerprint density at radius 2 is 2.29 bits per heavy atom. The van der Waals surface area contributed by atoms with Gasteiger partial charge in [0.15, 0.2) is 0 Å². The normalized spacial score (nSPS) is 10.9. The van der Waals surface area contributed by atoms with Gasteiger partial charge in [-0.25, -0.2) is 0 Å². The van der Waals surface area contributed by atoms with Crippen molar-refractivity contribution in [2.45, 2.75) is 26.4 Å². The van der Waals surface area contributed by atoms with Crippen LogP contribution in [-0.4, -0.2) is 28.4 Å². The minimum Gasteiger partial charge on any atom is -0.369 e. The third-order valence-corrected chi connectivity index (χ3v) is 2.44. The number of carbonyl (C=O) groups is 1. The minimum absolute atomic E-state index is 0.221. The number of nitrogens with zero attached hydrogens (tertiary/aromatic N) is 2. The second-order valence-electron chi connectivity index (χ2n) is 4.15. The van der Waals surface area contributed by atoms with E-state index in [1.807, 2.05) is 24.8 Å². The molecule has 0 spiro atoms. The molecular formula is C11H19N5O. The Hall–Kier alpha value is -1.66. The predicted molar refractivity (Wildman–Crippen MR) is 66.8 cm³/mol. The van der Waals surface area contributed by atoms with E-state index in [1.54, 1.807) is 12.3 Å². The zero-order valence-electron chi connectivity index (χ0n) is 10.2. The minimum atomic E-state index is -0.341. The number of anilines is 1. The topological polar surface area (TPSA) is 97.3 Å². The highest BCUT2D eigenvalue weighted by Gasteiger charge is 2.13. The van der Waals surface area contributed by atoms with Gasteiger partial charge in [-0.15, -0.1) is 0 Å². The van der Waals surface area contributed by atoms with Gasteiger partial charge in [0.05, 0.1) is 17.9 Å². The molecule has 1 aromatic rings. The van der Waals surface area contributed by atoms with Crippen LogP contribution < -0.4 is 17.0 Å². The maximum absolute atomic E-state index is 11.0. The number of aromatic nitrogens is 1. The molecule has 1 rings (SSSR count). The number of hydrogen-bond donors (Lipinski definition) is 3. The number of rotatable bonds is 6. The second-order valence-corrected chi connectivity index (χ2v) is 4.15. The lowest BCUT2D eigenvalue weighted by atomic mass is 10.2. The van der Waals surface area contributed by atoms with Crippen LogP contribution in [0.3, 0.4) is 0 Å². The number of primary amides is 1. The molecule has 5 N–H and O–H groups in total. The molecule has 0 atom stereocenters. The number of nitrogens with two attached hydrogens (primary N) is 2. The van der Waals surface area contributed by atoms with Crippen molar-refractivity contribution in [3.05, 3.63) is 24.0 Å². The monoisotopic (exact) mass is 237 g/mol. The van der Waals surface area contributed by atoms with Crippen molar-refractivity contribution in [3.8, 4) is 0 Å². The number of pyridine rings is 1. The van der Waals surface area contributed by atoms with Gasteiger partial charge in [-0.1, -0.05) is 0 Å². The summed E-state index contributed by atoms with van der Waals surface area (Å²) in [7, 11) is 0. The van der Waals surface area contributed by atoms with Crippen LogP contribution >= 0.6 is 0 Å². The molecule has 0 aromatic carbocycles. The molecule has 6 nitrogen and oxygen atoms in total. The molecule has 1 heterocycles. The average molecular weight is 237 g/mol. The van der Waals surface area contributed by atoms with Crippen molar-refractivity contribution in [1.29, 1.82) is 0 Å². The molecule has 0 bridgehead atoms. The van der Waals surface area contributed by atoms with E-state index in [0.29, 0.717) is 6.54 Å². The van der Waals surface area contributed by atoms with Crippen LogP contribution in [-0.2, 0) is 11.3 Å². The maximum Gasteiger partial charge on any atom is 0.231 e. The Labute approximate surface area is 101 Å². The van der Waals surface area contributed by atoms with Gasteiger partial charge in [0.1, 0.15) is 0 Å². The summed E-state index contributed by atoms with van der Waals surface area (Å²) in [4.78, 5) is 17.1. The molecule has 0 radical (unpaired) electrons. The fourth-order valence-corrected chi connectivity index (χ4v) is 1.48. The van der Waals surface area contributed by atoms with Gasteiger partial charge >= 0.3 is 0 Å². The van der Waals surface area contributed by atoms with Crippen molar-refractivity contribution < 1.29 is 4.79 Å². The molecule has 1 aromatic heterocycles. The Morgan fingerprint density at radius 1 is 1.59 bits per heavy atom. The van der Waals surface area contributed by atoms with Crippen LogP contribution in [0.1, 0.15) is 19.5 Å². The maximum atomic E-state index is 11.0. The number of nitrogens with one attached hydrogen (secondary N) is 1. The first-order valence-electron chi connectivity index (χ1n) is 5.47. The quantitative estimate of drug-likeness (QED) is 0.480. The lowest BCUT2D eigenvalue weighted by Gasteiger charge is -2.24. The van der Waals surface area contributed by atoms with Gasteiger partial charge in [0, 0.05) is 18.8 Å². The summed E-state index contributed by atoms with van der Waals surface area (Å²) in [6.45, 7) is 4.80. The lowest BCUT2D eigenvalue weighted by Crippen LogP contribution is -2.38. The Bertz CT molecular complexity index is 380. The summed E-state index contributed by atoms with van der Waals surface area (Å²) in [5.41, 5.74) is 9.40. The molecule has 6 heteroatoms. The fraction of sp³-hybridized carbons (Fsp3) is 0.455. The smallest absolute Gasteiger partial charge is 0.231 e. The standard InChI is InChI=1S/C11H19N5O/c1-8(2)16(7-11(12)17)6-10-5-9(15-13)3-4-14-10/h3-5,8H,6-7,13H2,1-2H3,(H2,12,17)(H,14,15). The SMILES string of the molecule is CC(C)N(CC(N)=O)Cc1cc(NN)ccn1. The van der Waals surface area contributed by atoms with E-state index in [0.717, 1.165) is 11.4 Å². The third-order valence-electron chi connectivity index (χ3n) is 2.44. The summed E-state index contributed by atoms with van der Waals surface area (Å²) >= 11 is 0. The van der Waals surface area contributed by atoms with Gasteiger partial charge in [-0.2, -0.15) is 0 Å². The third kappa shape index (κ3) is 4.38. The molecule has 17 heavy (non-hydrogen) atoms. The molecule has 1 amide bonds. The highest BCUT2D eigenvalue weighted by Crippen LogP contribution is 2.10. The number of nitrogen functional groups attached to an aromatic ring is 1. The first-order valence-corrected chi connectivity index (χ1v) is 5.47. The van der Waals surface area contributed by atoms with Crippen molar-refractivity contribution in [2.75, 3.05) is 12.0 Å². The predicted octanol–water partition coefficient (Wildman–Crippen LogP) is 0.0629. The second kappa shape index (κ2) is 6.17. The van der Waals surface area contributed by atoms with E-state index < -0.39 is 0 Å². The molecule has 0 unspecified atom stereocenters. The summed E-state index contributed by atoms with van der Waals surface area (Å²) in [6.07, 6.45) is 1.67. The summed E-state index contributed by atoms with van der Waals surface area (Å²) in [5.74, 6) is 4.98. The van der Waals surface area contributed by atoms with E-state index in [-0.39, 0.29) is 18.5 Å². The van der Waals surface area contributed by atoms with Crippen molar-refractivity contribution >= 4 is 11.6 Å². The molecular weight excluding hydrogens is 218 g/mol. The van der Waals surface area contributed by atoms with E-state index >= 15 is 0 Å². The number of carbonyl (C=O) groups excluding carboxylic acids is 1. The molecule has 0 saturated carbocycles. The van der Waals surface area contributed by atoms with E-state index in [4.69, 9.17) is 11.6 Å². The van der Waals surface area contributed by atoms with Crippen molar-refractivity contribution in [1.82, 2.24) is 9.88 Å². The molecule has 94 valence electrons. The zero-order chi connectivity index (χ0) is 12.8. The summed E-state index contributed by atoms with van der Waals surface area (Å²) < 4.78 is 0. The first-order chi connectivity index (χ1) is 8.02. The molecule has 0 aliphatic heterocycles. The van der Waals surface area contributed by atoms with Gasteiger partial charge in [-0.3, -0.25) is 20.5 Å². The largest absolute Gasteiger partial charge is 0.369 e. The van der Waals surface area contributed by atoms with Crippen LogP contribution in [0.4, 0.5) is 5.69 Å². The highest BCUT2D eigenvalue weighted by atomic mass is 16.1. The molecule has 0 aliphatic rings. The summed E-state index contributed by atoms with van der Waals surface area (Å²) in [6, 6.07) is 3.84. The van der Waals surface area contributed by atoms with Gasteiger partial charge in [0.2, 0.25) is 5.91 Å². The van der Waals surface area contributed by atoms with Crippen LogP contribution in [0.2, 0.25) is 0 Å². The Morgan fingerprint density at radius 3 is 2.82 bits per heavy atom. The number of hydrogen-bond acceptors (Lipinski definition) is 5. The van der Waals surface area contributed by atoms with Crippen molar-refractivity contribution in [3.63, 3.8) is 0 Å². The van der Waals surface area contributed by atoms with Crippen LogP contribution in [0.15, 0.2) is 18.3 Å². The molecule has 0 aliphatic carbocycles. The van der Waals surface area contributed by atoms with Crippen LogP contribution in [0, 0.1) is 0 Å². The van der Waals surface area contributed by atoms with Gasteiger partial charge in [-0.05, 0) is 26.0 Å². The molecule has 0 saturated heterocycles. The van der Waals surface area contributed by atoms with Gasteiger partial charge < -0.3 is 11.2 Å². The Balaban J connectivity index is 2.74. The van der Waals surface area contributed by atoms with E-state index in [1.165, 1.54) is 0 Å². The fourth-order valence-electron chi connectivity index (χ4n) is 1.48. The van der Waals surface area contributed by atoms with Gasteiger partial charge in [0.25, 0.3) is 0 Å². The lowest BCUT2D eigenvalue weighted by molar-refractivity contribution is -0.119. The van der Waals surface area contributed by atoms with E-state index in [2.05, 4.69) is 10.4 Å². The first kappa shape index (κ1) is 13.4. The number of hydrazine groups is 1. The summed E-state index contributed by atoms with van der Waals surface area (Å²) in [5, 5.41) is 0. The van der Waals surface area contributed by atoms with Crippen molar-refractivity contribution in [2.24, 2.45) is 11.6 Å². The van der Waals surface area contributed by atoms with Crippen LogP contribution in [0.5, 0.6) is 0 Å². The van der Waals surface area contributed by atoms with Crippen LogP contribution in [0.25, 0.3) is 0 Å². The highest BCUT2D eigenvalue weighted by molar-refractivity contribution is 5.75.